The monoisotopic (exact) mass is 603 g/mol. The molecule has 8 heteroatoms. The Kier molecular flexibility index (Phi) is 11.4. The molecule has 43 heavy (non-hydrogen) atoms. The SMILES string of the molecule is Cc1ccc(C)c(N(CCCC(=O)N(Cc2ccccc2)[C@H](Cc2ccccc2)C(=O)NC2CCCCC2)S(C)(=O)=O)c1. The molecule has 2 amide bonds. The number of nitrogens with zero attached hydrogens (tertiary/aromatic N) is 2. The van der Waals surface area contributed by atoms with E-state index in [4.69, 9.17) is 0 Å². The van der Waals surface area contributed by atoms with E-state index in [0.29, 0.717) is 25.1 Å². The first-order chi connectivity index (χ1) is 20.6. The zero-order valence-corrected chi connectivity index (χ0v) is 26.5. The van der Waals surface area contributed by atoms with Crippen molar-refractivity contribution in [2.75, 3.05) is 17.1 Å². The van der Waals surface area contributed by atoms with Gasteiger partial charge in [0, 0.05) is 32.0 Å². The van der Waals surface area contributed by atoms with Crippen LogP contribution in [0, 0.1) is 13.8 Å². The molecule has 0 aromatic heterocycles. The van der Waals surface area contributed by atoms with E-state index < -0.39 is 16.1 Å². The van der Waals surface area contributed by atoms with Gasteiger partial charge in [0.25, 0.3) is 0 Å². The van der Waals surface area contributed by atoms with Gasteiger partial charge in [-0.15, -0.1) is 0 Å². The van der Waals surface area contributed by atoms with Crippen LogP contribution in [0.4, 0.5) is 5.69 Å². The molecule has 1 aliphatic carbocycles. The predicted octanol–water partition coefficient (Wildman–Crippen LogP) is 5.94. The van der Waals surface area contributed by atoms with Gasteiger partial charge in [-0.3, -0.25) is 13.9 Å². The smallest absolute Gasteiger partial charge is 0.243 e. The molecule has 0 saturated heterocycles. The Morgan fingerprint density at radius 1 is 0.884 bits per heavy atom. The second-order valence-electron chi connectivity index (χ2n) is 11.8. The Morgan fingerprint density at radius 3 is 2.14 bits per heavy atom. The molecule has 0 unspecified atom stereocenters. The van der Waals surface area contributed by atoms with E-state index in [9.17, 15) is 18.0 Å². The van der Waals surface area contributed by atoms with Gasteiger partial charge in [0.15, 0.2) is 0 Å². The second kappa shape index (κ2) is 15.2. The quantitative estimate of drug-likeness (QED) is 0.262. The van der Waals surface area contributed by atoms with Gasteiger partial charge in [0.05, 0.1) is 11.9 Å². The highest BCUT2D eigenvalue weighted by Gasteiger charge is 2.32. The van der Waals surface area contributed by atoms with Crippen LogP contribution in [0.25, 0.3) is 0 Å². The number of sulfonamides is 1. The van der Waals surface area contributed by atoms with Crippen molar-refractivity contribution >= 4 is 27.5 Å². The lowest BCUT2D eigenvalue weighted by molar-refractivity contribution is -0.141. The number of aryl methyl sites for hydroxylation is 2. The van der Waals surface area contributed by atoms with Gasteiger partial charge in [0.2, 0.25) is 21.8 Å². The number of carbonyl (C=O) groups is 2. The summed E-state index contributed by atoms with van der Waals surface area (Å²) < 4.78 is 27.0. The normalized spacial score (nSPS) is 14.6. The first-order valence-electron chi connectivity index (χ1n) is 15.3. The molecule has 3 aromatic carbocycles. The lowest BCUT2D eigenvalue weighted by atomic mass is 9.94. The third kappa shape index (κ3) is 9.42. The lowest BCUT2D eigenvalue weighted by Gasteiger charge is -2.34. The summed E-state index contributed by atoms with van der Waals surface area (Å²) in [6.45, 7) is 4.28. The van der Waals surface area contributed by atoms with E-state index in [-0.39, 0.29) is 30.8 Å². The maximum Gasteiger partial charge on any atom is 0.243 e. The van der Waals surface area contributed by atoms with Gasteiger partial charge in [-0.2, -0.15) is 0 Å². The number of benzene rings is 3. The molecule has 7 nitrogen and oxygen atoms in total. The van der Waals surface area contributed by atoms with Crippen molar-refractivity contribution < 1.29 is 18.0 Å². The molecule has 0 aliphatic heterocycles. The standard InChI is InChI=1S/C35H45N3O4S/c1-27-21-22-28(2)32(24-27)38(43(3,41)42)23-13-20-34(39)37(26-30-16-9-5-10-17-30)33(25-29-14-7-4-8-15-29)35(40)36-31-18-11-6-12-19-31/h4-5,7-10,14-17,21-22,24,31,33H,6,11-13,18-20,23,25-26H2,1-3H3,(H,36,40)/t33-/m1/s1. The number of amides is 2. The van der Waals surface area contributed by atoms with Crippen LogP contribution < -0.4 is 9.62 Å². The summed E-state index contributed by atoms with van der Waals surface area (Å²) in [4.78, 5) is 29.7. The average molecular weight is 604 g/mol. The fourth-order valence-corrected chi connectivity index (χ4v) is 6.86. The summed E-state index contributed by atoms with van der Waals surface area (Å²) in [5.41, 5.74) is 4.37. The zero-order valence-electron chi connectivity index (χ0n) is 25.7. The van der Waals surface area contributed by atoms with E-state index in [0.717, 1.165) is 47.9 Å². The minimum absolute atomic E-state index is 0.117. The summed E-state index contributed by atoms with van der Waals surface area (Å²) in [7, 11) is -3.57. The molecular formula is C35H45N3O4S. The third-order valence-electron chi connectivity index (χ3n) is 8.20. The Balaban J connectivity index is 1.58. The first kappa shape index (κ1) is 32.3. The number of nitrogens with one attached hydrogen (secondary N) is 1. The number of rotatable bonds is 13. The summed E-state index contributed by atoms with van der Waals surface area (Å²) in [5.74, 6) is -0.300. The van der Waals surface area contributed by atoms with Crippen molar-refractivity contribution in [2.45, 2.75) is 83.8 Å². The van der Waals surface area contributed by atoms with Crippen LogP contribution in [-0.2, 0) is 32.6 Å². The summed E-state index contributed by atoms with van der Waals surface area (Å²) in [5, 5.41) is 3.27. The molecule has 0 heterocycles. The van der Waals surface area contributed by atoms with Gasteiger partial charge in [-0.25, -0.2) is 8.42 Å². The Bertz CT molecular complexity index is 1450. The molecule has 0 spiro atoms. The number of anilines is 1. The van der Waals surface area contributed by atoms with Gasteiger partial charge in [-0.1, -0.05) is 92.1 Å². The number of hydrogen-bond acceptors (Lipinski definition) is 4. The van der Waals surface area contributed by atoms with Crippen LogP contribution in [0.2, 0.25) is 0 Å². The van der Waals surface area contributed by atoms with Crippen LogP contribution in [0.15, 0.2) is 78.9 Å². The van der Waals surface area contributed by atoms with Gasteiger partial charge < -0.3 is 10.2 Å². The highest BCUT2D eigenvalue weighted by molar-refractivity contribution is 7.92. The molecular weight excluding hydrogens is 558 g/mol. The Morgan fingerprint density at radius 2 is 1.51 bits per heavy atom. The minimum Gasteiger partial charge on any atom is -0.352 e. The first-order valence-corrected chi connectivity index (χ1v) is 17.2. The third-order valence-corrected chi connectivity index (χ3v) is 9.38. The topological polar surface area (TPSA) is 86.8 Å². The number of carbonyl (C=O) groups excluding carboxylic acids is 2. The van der Waals surface area contributed by atoms with Crippen molar-refractivity contribution in [1.82, 2.24) is 10.2 Å². The molecule has 3 aromatic rings. The van der Waals surface area contributed by atoms with Crippen molar-refractivity contribution in [3.05, 3.63) is 101 Å². The zero-order chi connectivity index (χ0) is 30.8. The highest BCUT2D eigenvalue weighted by Crippen LogP contribution is 2.25. The molecule has 1 saturated carbocycles. The second-order valence-corrected chi connectivity index (χ2v) is 13.7. The van der Waals surface area contributed by atoms with E-state index >= 15 is 0 Å². The molecule has 4 rings (SSSR count). The minimum atomic E-state index is -3.57. The average Bonchev–Trinajstić information content (AvgIpc) is 2.99. The van der Waals surface area contributed by atoms with Gasteiger partial charge in [-0.05, 0) is 61.4 Å². The van der Waals surface area contributed by atoms with Crippen molar-refractivity contribution in [3.8, 4) is 0 Å². The van der Waals surface area contributed by atoms with E-state index in [2.05, 4.69) is 5.32 Å². The van der Waals surface area contributed by atoms with E-state index in [1.165, 1.54) is 17.0 Å². The van der Waals surface area contributed by atoms with Crippen LogP contribution in [0.5, 0.6) is 0 Å². The summed E-state index contributed by atoms with van der Waals surface area (Å²) >= 11 is 0. The fourth-order valence-electron chi connectivity index (χ4n) is 5.85. The van der Waals surface area contributed by atoms with Crippen LogP contribution in [0.1, 0.15) is 67.2 Å². The maximum atomic E-state index is 14.0. The Hall–Kier alpha value is -3.65. The molecule has 230 valence electrons. The van der Waals surface area contributed by atoms with Crippen molar-refractivity contribution in [2.24, 2.45) is 0 Å². The predicted molar refractivity (Wildman–Crippen MR) is 173 cm³/mol. The molecule has 1 N–H and O–H groups in total. The number of hydrogen-bond donors (Lipinski definition) is 1. The molecule has 1 atom stereocenters. The molecule has 1 aliphatic rings. The lowest BCUT2D eigenvalue weighted by Crippen LogP contribution is -2.52. The van der Waals surface area contributed by atoms with Crippen LogP contribution in [-0.4, -0.2) is 50.0 Å². The van der Waals surface area contributed by atoms with Gasteiger partial charge in [0.1, 0.15) is 6.04 Å². The summed E-state index contributed by atoms with van der Waals surface area (Å²) in [6, 6.07) is 24.7. The molecule has 0 bridgehead atoms. The Labute approximate surface area is 257 Å². The fraction of sp³-hybridized carbons (Fsp3) is 0.429. The van der Waals surface area contributed by atoms with Crippen LogP contribution in [0.3, 0.4) is 0 Å². The molecule has 0 radical (unpaired) electrons. The van der Waals surface area contributed by atoms with E-state index in [1.807, 2.05) is 92.7 Å². The summed E-state index contributed by atoms with van der Waals surface area (Å²) in [6.07, 6.45) is 7.33. The van der Waals surface area contributed by atoms with Crippen LogP contribution >= 0.6 is 0 Å². The largest absolute Gasteiger partial charge is 0.352 e. The van der Waals surface area contributed by atoms with Crippen molar-refractivity contribution in [1.29, 1.82) is 0 Å². The maximum absolute atomic E-state index is 14.0. The highest BCUT2D eigenvalue weighted by atomic mass is 32.2. The van der Waals surface area contributed by atoms with Gasteiger partial charge >= 0.3 is 0 Å². The molecule has 1 fully saturated rings. The van der Waals surface area contributed by atoms with Crippen molar-refractivity contribution in [3.63, 3.8) is 0 Å². The van der Waals surface area contributed by atoms with E-state index in [1.54, 1.807) is 4.90 Å².